The van der Waals surface area contributed by atoms with Gasteiger partial charge in [0.1, 0.15) is 5.76 Å². The molecule has 0 atom stereocenters. The second-order valence-corrected chi connectivity index (χ2v) is 6.31. The third-order valence-electron chi connectivity index (χ3n) is 4.12. The summed E-state index contributed by atoms with van der Waals surface area (Å²) in [5, 5.41) is 7.29. The second kappa shape index (κ2) is 7.68. The van der Waals surface area contributed by atoms with Crippen LogP contribution in [0, 0.1) is 6.92 Å². The number of hydrogen-bond donors (Lipinski definition) is 1. The highest BCUT2D eigenvalue weighted by Crippen LogP contribution is 2.26. The Labute approximate surface area is 146 Å². The van der Waals surface area contributed by atoms with Crippen molar-refractivity contribution in [3.05, 3.63) is 41.1 Å². The monoisotopic (exact) mass is 348 g/mol. The van der Waals surface area contributed by atoms with Gasteiger partial charge in [-0.25, -0.2) is 0 Å². The van der Waals surface area contributed by atoms with Crippen molar-refractivity contribution >= 4 is 29.0 Å². The Balaban J connectivity index is 1.42. The molecular weight excluding hydrogens is 328 g/mol. The van der Waals surface area contributed by atoms with Gasteiger partial charge < -0.3 is 14.7 Å². The minimum Gasteiger partial charge on any atom is -0.368 e. The van der Waals surface area contributed by atoms with Crippen molar-refractivity contribution in [2.75, 3.05) is 42.9 Å². The van der Waals surface area contributed by atoms with Gasteiger partial charge in [-0.15, -0.1) is 0 Å². The molecule has 1 aromatic heterocycles. The van der Waals surface area contributed by atoms with Crippen LogP contribution in [0.15, 0.2) is 34.9 Å². The molecule has 0 radical (unpaired) electrons. The first-order valence-electron chi connectivity index (χ1n) is 8.07. The maximum atomic E-state index is 11.9. The zero-order chi connectivity index (χ0) is 16.9. The number of rotatable bonds is 5. The molecule has 1 amide bonds. The molecule has 2 aromatic rings. The van der Waals surface area contributed by atoms with E-state index in [0.29, 0.717) is 18.0 Å². The van der Waals surface area contributed by atoms with Crippen molar-refractivity contribution in [1.82, 2.24) is 10.1 Å². The van der Waals surface area contributed by atoms with E-state index < -0.39 is 0 Å². The number of aromatic nitrogens is 1. The highest BCUT2D eigenvalue weighted by atomic mass is 35.5. The van der Waals surface area contributed by atoms with E-state index in [0.717, 1.165) is 43.4 Å². The fourth-order valence-corrected chi connectivity index (χ4v) is 3.07. The molecule has 0 saturated carbocycles. The van der Waals surface area contributed by atoms with Crippen molar-refractivity contribution in [2.45, 2.75) is 13.3 Å². The Kier molecular flexibility index (Phi) is 5.37. The summed E-state index contributed by atoms with van der Waals surface area (Å²) in [6.07, 6.45) is 0.442. The molecule has 0 spiro atoms. The summed E-state index contributed by atoms with van der Waals surface area (Å²) >= 11 is 6.25. The molecule has 0 aliphatic carbocycles. The summed E-state index contributed by atoms with van der Waals surface area (Å²) in [4.78, 5) is 16.5. The van der Waals surface area contributed by atoms with E-state index in [1.54, 1.807) is 13.0 Å². The summed E-state index contributed by atoms with van der Waals surface area (Å²) in [5.41, 5.74) is 1.08. The number of para-hydroxylation sites is 1. The number of aryl methyl sites for hydroxylation is 1. The zero-order valence-corrected chi connectivity index (χ0v) is 14.4. The topological polar surface area (TPSA) is 61.6 Å². The van der Waals surface area contributed by atoms with Gasteiger partial charge in [0.25, 0.3) is 0 Å². The van der Waals surface area contributed by atoms with E-state index >= 15 is 0 Å². The predicted molar refractivity (Wildman–Crippen MR) is 94.6 cm³/mol. The number of carbonyl (C=O) groups is 1. The van der Waals surface area contributed by atoms with Crippen molar-refractivity contribution in [2.24, 2.45) is 0 Å². The number of amides is 1. The van der Waals surface area contributed by atoms with Gasteiger partial charge in [0.05, 0.1) is 10.7 Å². The lowest BCUT2D eigenvalue weighted by molar-refractivity contribution is -0.116. The molecule has 1 N–H and O–H groups in total. The number of hydrogen-bond acceptors (Lipinski definition) is 5. The number of nitrogens with zero attached hydrogens (tertiary/aromatic N) is 3. The lowest BCUT2D eigenvalue weighted by atomic mass is 10.2. The molecule has 1 aliphatic heterocycles. The molecule has 1 aromatic carbocycles. The molecule has 128 valence electrons. The lowest BCUT2D eigenvalue weighted by Gasteiger charge is -2.36. The SMILES string of the molecule is Cc1cc(NC(=O)CCN2CCN(c3ccccc3Cl)CC2)no1. The molecule has 6 nitrogen and oxygen atoms in total. The number of anilines is 2. The number of piperazine rings is 1. The van der Waals surface area contributed by atoms with Crippen LogP contribution in [0.4, 0.5) is 11.5 Å². The maximum absolute atomic E-state index is 11.9. The second-order valence-electron chi connectivity index (χ2n) is 5.90. The van der Waals surface area contributed by atoms with Crippen LogP contribution in [-0.2, 0) is 4.79 Å². The largest absolute Gasteiger partial charge is 0.368 e. The Morgan fingerprint density at radius 3 is 2.71 bits per heavy atom. The number of carbonyl (C=O) groups excluding carboxylic acids is 1. The van der Waals surface area contributed by atoms with Gasteiger partial charge in [0, 0.05) is 45.2 Å². The van der Waals surface area contributed by atoms with Gasteiger partial charge in [-0.2, -0.15) is 0 Å². The average Bonchev–Trinajstić information content (AvgIpc) is 2.99. The van der Waals surface area contributed by atoms with Crippen molar-refractivity contribution < 1.29 is 9.32 Å². The van der Waals surface area contributed by atoms with E-state index in [1.807, 2.05) is 24.3 Å². The fourth-order valence-electron chi connectivity index (χ4n) is 2.81. The average molecular weight is 349 g/mol. The minimum absolute atomic E-state index is 0.0446. The third kappa shape index (κ3) is 4.27. The number of nitrogens with one attached hydrogen (secondary N) is 1. The molecule has 7 heteroatoms. The van der Waals surface area contributed by atoms with Crippen molar-refractivity contribution in [3.8, 4) is 0 Å². The first kappa shape index (κ1) is 16.8. The molecule has 0 bridgehead atoms. The van der Waals surface area contributed by atoms with Crippen LogP contribution >= 0.6 is 11.6 Å². The minimum atomic E-state index is -0.0446. The third-order valence-corrected chi connectivity index (χ3v) is 4.44. The predicted octanol–water partition coefficient (Wildman–Crippen LogP) is 2.79. The van der Waals surface area contributed by atoms with Crippen LogP contribution in [0.5, 0.6) is 0 Å². The molecular formula is C17H21ClN4O2. The van der Waals surface area contributed by atoms with Crippen molar-refractivity contribution in [3.63, 3.8) is 0 Å². The summed E-state index contributed by atoms with van der Waals surface area (Å²) in [7, 11) is 0. The van der Waals surface area contributed by atoms with Crippen LogP contribution < -0.4 is 10.2 Å². The Morgan fingerprint density at radius 2 is 2.04 bits per heavy atom. The quantitative estimate of drug-likeness (QED) is 0.900. The normalized spacial score (nSPS) is 15.5. The Bertz CT molecular complexity index is 695. The van der Waals surface area contributed by atoms with Crippen molar-refractivity contribution in [1.29, 1.82) is 0 Å². The first-order valence-corrected chi connectivity index (χ1v) is 8.44. The van der Waals surface area contributed by atoms with E-state index in [-0.39, 0.29) is 5.91 Å². The van der Waals surface area contributed by atoms with Gasteiger partial charge in [-0.1, -0.05) is 28.9 Å². The number of benzene rings is 1. The van der Waals surface area contributed by atoms with Crippen LogP contribution in [0.1, 0.15) is 12.2 Å². The Hall–Kier alpha value is -2.05. The molecule has 1 aliphatic rings. The smallest absolute Gasteiger partial charge is 0.226 e. The van der Waals surface area contributed by atoms with Crippen LogP contribution in [-0.4, -0.2) is 48.7 Å². The lowest BCUT2D eigenvalue weighted by Crippen LogP contribution is -2.47. The first-order chi connectivity index (χ1) is 11.6. The molecule has 1 saturated heterocycles. The molecule has 24 heavy (non-hydrogen) atoms. The van der Waals surface area contributed by atoms with E-state index in [9.17, 15) is 4.79 Å². The standard InChI is InChI=1S/C17H21ClN4O2/c1-13-12-16(20-24-13)19-17(23)6-7-21-8-10-22(11-9-21)15-5-3-2-4-14(15)18/h2-5,12H,6-11H2,1H3,(H,19,20,23). The fraction of sp³-hybridized carbons (Fsp3) is 0.412. The maximum Gasteiger partial charge on any atom is 0.226 e. The summed E-state index contributed by atoms with van der Waals surface area (Å²) in [6, 6.07) is 9.62. The molecule has 0 unspecified atom stereocenters. The van der Waals surface area contributed by atoms with E-state index in [1.165, 1.54) is 0 Å². The summed E-state index contributed by atoms with van der Waals surface area (Å²) < 4.78 is 4.93. The Morgan fingerprint density at radius 1 is 1.29 bits per heavy atom. The summed E-state index contributed by atoms with van der Waals surface area (Å²) in [5.74, 6) is 1.11. The highest BCUT2D eigenvalue weighted by Gasteiger charge is 2.19. The van der Waals surface area contributed by atoms with Gasteiger partial charge in [-0.05, 0) is 19.1 Å². The van der Waals surface area contributed by atoms with Gasteiger partial charge in [0.15, 0.2) is 5.82 Å². The van der Waals surface area contributed by atoms with E-state index in [4.69, 9.17) is 16.1 Å². The van der Waals surface area contributed by atoms with Crippen LogP contribution in [0.25, 0.3) is 0 Å². The van der Waals surface area contributed by atoms with Gasteiger partial charge in [-0.3, -0.25) is 9.69 Å². The number of halogens is 1. The van der Waals surface area contributed by atoms with Crippen LogP contribution in [0.2, 0.25) is 5.02 Å². The molecule has 1 fully saturated rings. The van der Waals surface area contributed by atoms with Crippen LogP contribution in [0.3, 0.4) is 0 Å². The molecule has 3 rings (SSSR count). The zero-order valence-electron chi connectivity index (χ0n) is 13.7. The summed E-state index contributed by atoms with van der Waals surface area (Å²) in [6.45, 7) is 6.19. The van der Waals surface area contributed by atoms with E-state index in [2.05, 4.69) is 20.3 Å². The molecule has 2 heterocycles. The van der Waals surface area contributed by atoms with Gasteiger partial charge in [0.2, 0.25) is 5.91 Å². The van der Waals surface area contributed by atoms with Gasteiger partial charge >= 0.3 is 0 Å². The highest BCUT2D eigenvalue weighted by molar-refractivity contribution is 6.33.